The summed E-state index contributed by atoms with van der Waals surface area (Å²) in [5.74, 6) is 0.577. The molecule has 1 fully saturated rings. The van der Waals surface area contributed by atoms with E-state index in [0.29, 0.717) is 11.3 Å². The van der Waals surface area contributed by atoms with E-state index in [1.807, 2.05) is 24.3 Å². The van der Waals surface area contributed by atoms with Gasteiger partial charge in [-0.25, -0.2) is 5.43 Å². The average Bonchev–Trinajstić information content (AvgIpc) is 2.75. The number of amides is 2. The molecule has 0 radical (unpaired) electrons. The second-order valence-corrected chi connectivity index (χ2v) is 6.88. The topological polar surface area (TPSA) is 79.8 Å². The van der Waals surface area contributed by atoms with Crippen LogP contribution in [0.1, 0.15) is 48.0 Å². The standard InChI is InChI=1S/C22H25N3O3/c1-28-20-9-5-6-16(14-20)15-23-25-22(27)18-10-12-19(13-11-18)24-21(26)17-7-3-2-4-8-17/h5-6,9-15,17H,2-4,7-8H2,1H3,(H,24,26)(H,25,27). The van der Waals surface area contributed by atoms with Crippen molar-refractivity contribution in [2.45, 2.75) is 32.1 Å². The van der Waals surface area contributed by atoms with Gasteiger partial charge in [0.15, 0.2) is 0 Å². The van der Waals surface area contributed by atoms with Gasteiger partial charge < -0.3 is 10.1 Å². The van der Waals surface area contributed by atoms with Gasteiger partial charge in [0.25, 0.3) is 5.91 Å². The number of rotatable bonds is 6. The fraction of sp³-hybridized carbons (Fsp3) is 0.318. The van der Waals surface area contributed by atoms with Gasteiger partial charge in [-0.3, -0.25) is 9.59 Å². The SMILES string of the molecule is COc1cccc(C=NNC(=O)c2ccc(NC(=O)C3CCCCC3)cc2)c1. The fourth-order valence-corrected chi connectivity index (χ4v) is 3.27. The van der Waals surface area contributed by atoms with Crippen LogP contribution in [0.3, 0.4) is 0 Å². The third kappa shape index (κ3) is 5.42. The molecule has 0 heterocycles. The number of methoxy groups -OCH3 is 1. The smallest absolute Gasteiger partial charge is 0.271 e. The highest BCUT2D eigenvalue weighted by atomic mass is 16.5. The summed E-state index contributed by atoms with van der Waals surface area (Å²) >= 11 is 0. The Morgan fingerprint density at radius 3 is 2.54 bits per heavy atom. The lowest BCUT2D eigenvalue weighted by Gasteiger charge is -2.20. The highest BCUT2D eigenvalue weighted by Gasteiger charge is 2.21. The Morgan fingerprint density at radius 1 is 1.07 bits per heavy atom. The Bertz CT molecular complexity index is 840. The number of benzene rings is 2. The van der Waals surface area contributed by atoms with Gasteiger partial charge in [0.1, 0.15) is 5.75 Å². The van der Waals surface area contributed by atoms with E-state index in [9.17, 15) is 9.59 Å². The molecule has 28 heavy (non-hydrogen) atoms. The quantitative estimate of drug-likeness (QED) is 0.588. The van der Waals surface area contributed by atoms with E-state index in [1.165, 1.54) is 6.42 Å². The maximum absolute atomic E-state index is 12.3. The molecule has 2 amide bonds. The van der Waals surface area contributed by atoms with E-state index in [0.717, 1.165) is 37.0 Å². The Balaban J connectivity index is 1.53. The van der Waals surface area contributed by atoms with Crippen molar-refractivity contribution in [3.63, 3.8) is 0 Å². The van der Waals surface area contributed by atoms with Gasteiger partial charge in [-0.2, -0.15) is 5.10 Å². The molecule has 2 aromatic rings. The van der Waals surface area contributed by atoms with Gasteiger partial charge in [0, 0.05) is 17.2 Å². The van der Waals surface area contributed by atoms with E-state index >= 15 is 0 Å². The molecule has 0 spiro atoms. The Labute approximate surface area is 165 Å². The van der Waals surface area contributed by atoms with Crippen molar-refractivity contribution in [3.8, 4) is 5.75 Å². The van der Waals surface area contributed by atoms with Crippen LogP contribution in [-0.4, -0.2) is 25.1 Å². The number of nitrogens with zero attached hydrogens (tertiary/aromatic N) is 1. The summed E-state index contributed by atoms with van der Waals surface area (Å²) in [4.78, 5) is 24.5. The summed E-state index contributed by atoms with van der Waals surface area (Å²) in [6, 6.07) is 14.2. The number of nitrogens with one attached hydrogen (secondary N) is 2. The number of ether oxygens (including phenoxy) is 1. The number of anilines is 1. The lowest BCUT2D eigenvalue weighted by atomic mass is 9.88. The van der Waals surface area contributed by atoms with Gasteiger partial charge >= 0.3 is 0 Å². The predicted molar refractivity (Wildman–Crippen MR) is 110 cm³/mol. The van der Waals surface area contributed by atoms with E-state index in [-0.39, 0.29) is 17.7 Å². The first-order valence-electron chi connectivity index (χ1n) is 9.54. The van der Waals surface area contributed by atoms with Crippen molar-refractivity contribution in [2.75, 3.05) is 12.4 Å². The lowest BCUT2D eigenvalue weighted by molar-refractivity contribution is -0.120. The third-order valence-electron chi connectivity index (χ3n) is 4.86. The van der Waals surface area contributed by atoms with Crippen LogP contribution in [0, 0.1) is 5.92 Å². The summed E-state index contributed by atoms with van der Waals surface area (Å²) in [5.41, 5.74) is 4.49. The van der Waals surface area contributed by atoms with Crippen molar-refractivity contribution >= 4 is 23.7 Å². The maximum Gasteiger partial charge on any atom is 0.271 e. The molecule has 0 aliphatic heterocycles. The second-order valence-electron chi connectivity index (χ2n) is 6.88. The first-order valence-corrected chi connectivity index (χ1v) is 9.54. The largest absolute Gasteiger partial charge is 0.497 e. The maximum atomic E-state index is 12.3. The Morgan fingerprint density at radius 2 is 1.82 bits per heavy atom. The van der Waals surface area contributed by atoms with E-state index in [2.05, 4.69) is 15.8 Å². The van der Waals surface area contributed by atoms with Gasteiger partial charge in [-0.15, -0.1) is 0 Å². The molecule has 3 rings (SSSR count). The number of hydrogen-bond donors (Lipinski definition) is 2. The third-order valence-corrected chi connectivity index (χ3v) is 4.86. The van der Waals surface area contributed by atoms with E-state index in [4.69, 9.17) is 4.74 Å². The zero-order valence-electron chi connectivity index (χ0n) is 16.0. The average molecular weight is 379 g/mol. The van der Waals surface area contributed by atoms with Crippen LogP contribution in [0.2, 0.25) is 0 Å². The summed E-state index contributed by atoms with van der Waals surface area (Å²) in [6.07, 6.45) is 6.92. The number of hydrazone groups is 1. The van der Waals surface area contributed by atoms with Crippen LogP contribution in [0.4, 0.5) is 5.69 Å². The van der Waals surface area contributed by atoms with Crippen molar-refractivity contribution in [3.05, 3.63) is 59.7 Å². The summed E-state index contributed by atoms with van der Waals surface area (Å²) in [5, 5.41) is 6.92. The van der Waals surface area contributed by atoms with Gasteiger partial charge in [0.05, 0.1) is 13.3 Å². The normalized spacial score (nSPS) is 14.6. The summed E-state index contributed by atoms with van der Waals surface area (Å²) in [7, 11) is 1.60. The van der Waals surface area contributed by atoms with Crippen LogP contribution in [-0.2, 0) is 4.79 Å². The molecule has 1 aliphatic carbocycles. The monoisotopic (exact) mass is 379 g/mol. The lowest BCUT2D eigenvalue weighted by Crippen LogP contribution is -2.24. The molecule has 146 valence electrons. The van der Waals surface area contributed by atoms with Gasteiger partial charge in [-0.1, -0.05) is 31.4 Å². The summed E-state index contributed by atoms with van der Waals surface area (Å²) < 4.78 is 5.15. The predicted octanol–water partition coefficient (Wildman–Crippen LogP) is 3.98. The Hall–Kier alpha value is -3.15. The van der Waals surface area contributed by atoms with Crippen LogP contribution >= 0.6 is 0 Å². The van der Waals surface area contributed by atoms with E-state index < -0.39 is 0 Å². The second kappa shape index (κ2) is 9.69. The van der Waals surface area contributed by atoms with E-state index in [1.54, 1.807) is 37.6 Å². The molecule has 0 atom stereocenters. The number of carbonyl (C=O) groups is 2. The van der Waals surface area contributed by atoms with Gasteiger partial charge in [-0.05, 0) is 54.8 Å². The first-order chi connectivity index (χ1) is 13.7. The van der Waals surface area contributed by atoms with Crippen molar-refractivity contribution in [1.82, 2.24) is 5.43 Å². The molecular formula is C22H25N3O3. The van der Waals surface area contributed by atoms with Crippen LogP contribution in [0.5, 0.6) is 5.75 Å². The van der Waals surface area contributed by atoms with Crippen molar-refractivity contribution in [2.24, 2.45) is 11.0 Å². The Kier molecular flexibility index (Phi) is 6.78. The molecule has 2 aromatic carbocycles. The number of carbonyl (C=O) groups excluding carboxylic acids is 2. The molecule has 0 saturated heterocycles. The zero-order valence-corrected chi connectivity index (χ0v) is 16.0. The highest BCUT2D eigenvalue weighted by molar-refractivity contribution is 5.96. The molecule has 0 unspecified atom stereocenters. The molecule has 6 heteroatoms. The first kappa shape index (κ1) is 19.6. The van der Waals surface area contributed by atoms with Crippen molar-refractivity contribution < 1.29 is 14.3 Å². The molecule has 1 aliphatic rings. The minimum atomic E-state index is -0.315. The molecular weight excluding hydrogens is 354 g/mol. The zero-order chi connectivity index (χ0) is 19.8. The molecule has 1 saturated carbocycles. The van der Waals surface area contributed by atoms with Crippen LogP contribution < -0.4 is 15.5 Å². The number of hydrogen-bond acceptors (Lipinski definition) is 4. The summed E-state index contributed by atoms with van der Waals surface area (Å²) in [6.45, 7) is 0. The minimum Gasteiger partial charge on any atom is -0.497 e. The highest BCUT2D eigenvalue weighted by Crippen LogP contribution is 2.25. The molecule has 6 nitrogen and oxygen atoms in total. The van der Waals surface area contributed by atoms with Gasteiger partial charge in [0.2, 0.25) is 5.91 Å². The van der Waals surface area contributed by atoms with Crippen molar-refractivity contribution in [1.29, 1.82) is 0 Å². The fourth-order valence-electron chi connectivity index (χ4n) is 3.27. The van der Waals surface area contributed by atoms with Crippen LogP contribution in [0.15, 0.2) is 53.6 Å². The molecule has 0 bridgehead atoms. The minimum absolute atomic E-state index is 0.0693. The molecule has 0 aromatic heterocycles. The molecule has 2 N–H and O–H groups in total. The van der Waals surface area contributed by atoms with Crippen LogP contribution in [0.25, 0.3) is 0 Å².